The van der Waals surface area contributed by atoms with E-state index >= 15 is 0 Å². The molecule has 0 saturated heterocycles. The van der Waals surface area contributed by atoms with E-state index in [0.29, 0.717) is 5.13 Å². The minimum absolute atomic E-state index is 0.252. The van der Waals surface area contributed by atoms with Gasteiger partial charge in [-0.3, -0.25) is 29.2 Å². The molecular formula is C23H20N4O4S. The number of pyridine rings is 1. The summed E-state index contributed by atoms with van der Waals surface area (Å²) < 4.78 is 2.05. The van der Waals surface area contributed by atoms with Crippen LogP contribution in [0.5, 0.6) is 0 Å². The fraction of sp³-hybridized carbons (Fsp3) is 0.174. The molecule has 2 aromatic carbocycles. The van der Waals surface area contributed by atoms with Crippen LogP contribution in [0.25, 0.3) is 10.2 Å². The average Bonchev–Trinajstić information content (AvgIpc) is 3.18. The first-order valence-corrected chi connectivity index (χ1v) is 10.7. The molecule has 0 aliphatic rings. The number of hydrogen-bond donors (Lipinski definition) is 0. The number of amides is 1. The monoisotopic (exact) mass is 448 g/mol. The minimum atomic E-state index is -0.596. The molecular weight excluding hydrogens is 428 g/mol. The zero-order valence-corrected chi connectivity index (χ0v) is 18.3. The second-order valence-corrected chi connectivity index (χ2v) is 8.48. The molecule has 0 bridgehead atoms. The lowest BCUT2D eigenvalue weighted by Crippen LogP contribution is -2.36. The topological polar surface area (TPSA) is 98.3 Å². The van der Waals surface area contributed by atoms with Gasteiger partial charge in [0.15, 0.2) is 5.13 Å². The standard InChI is InChI=1S/C23H20N4O4S/c1-15-10-16(2)22-19(11-15)24-23(32-22)26(12-17-6-4-3-5-7-17)21(29)14-25-13-18(27(30)31)8-9-20(25)28/h3-11,13H,12,14H2,1-2H3. The van der Waals surface area contributed by atoms with E-state index in [1.54, 1.807) is 0 Å². The maximum Gasteiger partial charge on any atom is 0.285 e. The van der Waals surface area contributed by atoms with Gasteiger partial charge in [-0.1, -0.05) is 47.7 Å². The van der Waals surface area contributed by atoms with E-state index in [1.165, 1.54) is 16.2 Å². The number of anilines is 1. The molecule has 0 N–H and O–H groups in total. The van der Waals surface area contributed by atoms with Crippen LogP contribution in [-0.2, 0) is 17.9 Å². The zero-order chi connectivity index (χ0) is 22.8. The highest BCUT2D eigenvalue weighted by Gasteiger charge is 2.22. The lowest BCUT2D eigenvalue weighted by molar-refractivity contribution is -0.385. The molecule has 0 radical (unpaired) electrons. The lowest BCUT2D eigenvalue weighted by atomic mass is 10.1. The van der Waals surface area contributed by atoms with Crippen LogP contribution >= 0.6 is 11.3 Å². The Labute approximate surface area is 187 Å². The van der Waals surface area contributed by atoms with Gasteiger partial charge in [0.25, 0.3) is 11.2 Å². The van der Waals surface area contributed by atoms with Crippen LogP contribution in [-0.4, -0.2) is 20.4 Å². The van der Waals surface area contributed by atoms with Crippen molar-refractivity contribution in [3.8, 4) is 0 Å². The van der Waals surface area contributed by atoms with Crippen molar-refractivity contribution in [2.75, 3.05) is 4.90 Å². The Hall–Kier alpha value is -3.85. The molecule has 4 aromatic rings. The van der Waals surface area contributed by atoms with Gasteiger partial charge in [-0.2, -0.15) is 0 Å². The summed E-state index contributed by atoms with van der Waals surface area (Å²) in [5.41, 5.74) is 3.12. The van der Waals surface area contributed by atoms with E-state index in [9.17, 15) is 19.7 Å². The van der Waals surface area contributed by atoms with Crippen molar-refractivity contribution >= 4 is 38.3 Å². The summed E-state index contributed by atoms with van der Waals surface area (Å²) in [7, 11) is 0. The van der Waals surface area contributed by atoms with Crippen molar-refractivity contribution in [3.63, 3.8) is 0 Å². The summed E-state index contributed by atoms with van der Waals surface area (Å²) in [6.45, 7) is 3.93. The Kier molecular flexibility index (Phi) is 5.83. The summed E-state index contributed by atoms with van der Waals surface area (Å²) in [6, 6.07) is 15.7. The van der Waals surface area contributed by atoms with Gasteiger partial charge < -0.3 is 0 Å². The number of thiazole rings is 1. The first kappa shape index (κ1) is 21.4. The fourth-order valence-corrected chi connectivity index (χ4v) is 4.52. The number of benzene rings is 2. The molecule has 2 aromatic heterocycles. The highest BCUT2D eigenvalue weighted by atomic mass is 32.1. The lowest BCUT2D eigenvalue weighted by Gasteiger charge is -2.20. The van der Waals surface area contributed by atoms with E-state index in [0.717, 1.165) is 49.8 Å². The zero-order valence-electron chi connectivity index (χ0n) is 17.5. The predicted octanol–water partition coefficient (Wildman–Crippen LogP) is 4.22. The normalized spacial score (nSPS) is 10.9. The largest absolute Gasteiger partial charge is 0.299 e. The summed E-state index contributed by atoms with van der Waals surface area (Å²) >= 11 is 1.41. The van der Waals surface area contributed by atoms with Gasteiger partial charge in [-0.05, 0) is 36.6 Å². The van der Waals surface area contributed by atoms with Crippen LogP contribution in [0.2, 0.25) is 0 Å². The van der Waals surface area contributed by atoms with Crippen molar-refractivity contribution in [3.05, 3.63) is 98.0 Å². The number of carbonyl (C=O) groups excluding carboxylic acids is 1. The third-order valence-corrected chi connectivity index (χ3v) is 6.24. The highest BCUT2D eigenvalue weighted by molar-refractivity contribution is 7.22. The summed E-state index contributed by atoms with van der Waals surface area (Å²) in [5, 5.41) is 11.6. The molecule has 0 saturated carbocycles. The summed E-state index contributed by atoms with van der Waals surface area (Å²) in [6.07, 6.45) is 1.09. The number of nitro groups is 1. The number of fused-ring (bicyclic) bond motifs is 1. The van der Waals surface area contributed by atoms with E-state index in [2.05, 4.69) is 11.1 Å². The van der Waals surface area contributed by atoms with Crippen molar-refractivity contribution in [2.45, 2.75) is 26.9 Å². The van der Waals surface area contributed by atoms with Crippen LogP contribution in [0.4, 0.5) is 10.8 Å². The van der Waals surface area contributed by atoms with Crippen LogP contribution < -0.4 is 10.5 Å². The number of nitrogens with zero attached hydrogens (tertiary/aromatic N) is 4. The Morgan fingerprint density at radius 1 is 1.16 bits per heavy atom. The smallest absolute Gasteiger partial charge is 0.285 e. The van der Waals surface area contributed by atoms with Crippen molar-refractivity contribution < 1.29 is 9.72 Å². The number of rotatable bonds is 6. The van der Waals surface area contributed by atoms with Crippen molar-refractivity contribution in [1.29, 1.82) is 0 Å². The van der Waals surface area contributed by atoms with E-state index in [4.69, 9.17) is 0 Å². The third kappa shape index (κ3) is 4.42. The van der Waals surface area contributed by atoms with Crippen LogP contribution in [0.3, 0.4) is 0 Å². The molecule has 0 spiro atoms. The molecule has 9 heteroatoms. The first-order valence-electron chi connectivity index (χ1n) is 9.89. The van der Waals surface area contributed by atoms with Gasteiger partial charge in [0.2, 0.25) is 5.91 Å². The Morgan fingerprint density at radius 2 is 1.91 bits per heavy atom. The predicted molar refractivity (Wildman–Crippen MR) is 124 cm³/mol. The van der Waals surface area contributed by atoms with E-state index in [1.807, 2.05) is 50.2 Å². The highest BCUT2D eigenvalue weighted by Crippen LogP contribution is 2.33. The molecule has 2 heterocycles. The van der Waals surface area contributed by atoms with Crippen molar-refractivity contribution in [2.24, 2.45) is 0 Å². The minimum Gasteiger partial charge on any atom is -0.299 e. The number of carbonyl (C=O) groups is 1. The number of hydrogen-bond acceptors (Lipinski definition) is 6. The number of aryl methyl sites for hydroxylation is 2. The van der Waals surface area contributed by atoms with Gasteiger partial charge in [-0.15, -0.1) is 0 Å². The maximum absolute atomic E-state index is 13.3. The van der Waals surface area contributed by atoms with Crippen LogP contribution in [0.15, 0.2) is 65.6 Å². The Balaban J connectivity index is 1.74. The maximum atomic E-state index is 13.3. The second-order valence-electron chi connectivity index (χ2n) is 7.50. The van der Waals surface area contributed by atoms with Gasteiger partial charge in [0.05, 0.1) is 27.9 Å². The SMILES string of the molecule is Cc1cc(C)c2sc(N(Cc3ccccc3)C(=O)Cn3cc([N+](=O)[O-])ccc3=O)nc2c1. The van der Waals surface area contributed by atoms with Crippen molar-refractivity contribution in [1.82, 2.24) is 9.55 Å². The van der Waals surface area contributed by atoms with Gasteiger partial charge >= 0.3 is 0 Å². The van der Waals surface area contributed by atoms with Gasteiger partial charge in [0.1, 0.15) is 6.54 Å². The van der Waals surface area contributed by atoms with Crippen LogP contribution in [0, 0.1) is 24.0 Å². The second kappa shape index (κ2) is 8.72. The quantitative estimate of drug-likeness (QED) is 0.325. The Morgan fingerprint density at radius 3 is 2.62 bits per heavy atom. The molecule has 0 unspecified atom stereocenters. The van der Waals surface area contributed by atoms with Gasteiger partial charge in [0, 0.05) is 12.1 Å². The van der Waals surface area contributed by atoms with Crippen LogP contribution in [0.1, 0.15) is 16.7 Å². The molecule has 0 aliphatic carbocycles. The molecule has 162 valence electrons. The Bertz CT molecular complexity index is 1380. The first-order chi connectivity index (χ1) is 15.3. The molecule has 0 fully saturated rings. The summed E-state index contributed by atoms with van der Waals surface area (Å²) in [4.78, 5) is 42.3. The molecule has 8 nitrogen and oxygen atoms in total. The van der Waals surface area contributed by atoms with Gasteiger partial charge in [-0.25, -0.2) is 4.98 Å². The fourth-order valence-electron chi connectivity index (χ4n) is 3.49. The molecule has 0 atom stereocenters. The molecule has 0 aliphatic heterocycles. The number of aromatic nitrogens is 2. The van der Waals surface area contributed by atoms with E-state index < -0.39 is 10.5 Å². The average molecular weight is 449 g/mol. The third-order valence-electron chi connectivity index (χ3n) is 5.01. The molecule has 4 rings (SSSR count). The van der Waals surface area contributed by atoms with E-state index in [-0.39, 0.29) is 24.7 Å². The summed E-state index contributed by atoms with van der Waals surface area (Å²) in [5.74, 6) is -0.384. The molecule has 1 amide bonds. The molecule has 32 heavy (non-hydrogen) atoms.